The van der Waals surface area contributed by atoms with Gasteiger partial charge in [0.15, 0.2) is 0 Å². The van der Waals surface area contributed by atoms with Crippen LogP contribution < -0.4 is 0 Å². The number of aryl methyl sites for hydroxylation is 2. The molecular formula is C21H29N. The lowest BCUT2D eigenvalue weighted by atomic mass is 9.99. The topological polar surface area (TPSA) is 23.9 Å². The SMILES string of the molecule is C=C/C=C(\C=C/C)C/C=C(\C=N)c1cc(C)cc(C)c1.CC. The van der Waals surface area contributed by atoms with Gasteiger partial charge in [-0.3, -0.25) is 0 Å². The van der Waals surface area contributed by atoms with Gasteiger partial charge in [0.25, 0.3) is 0 Å². The summed E-state index contributed by atoms with van der Waals surface area (Å²) in [6.45, 7) is 13.9. The molecule has 0 aliphatic heterocycles. The van der Waals surface area contributed by atoms with E-state index in [1.165, 1.54) is 22.9 Å². The molecule has 0 saturated carbocycles. The Kier molecular flexibility index (Phi) is 10.4. The van der Waals surface area contributed by atoms with E-state index in [9.17, 15) is 0 Å². The monoisotopic (exact) mass is 295 g/mol. The summed E-state index contributed by atoms with van der Waals surface area (Å²) in [5.74, 6) is 0. The van der Waals surface area contributed by atoms with Crippen LogP contribution in [0.5, 0.6) is 0 Å². The molecule has 0 amide bonds. The highest BCUT2D eigenvalue weighted by Crippen LogP contribution is 2.19. The summed E-state index contributed by atoms with van der Waals surface area (Å²) in [6, 6.07) is 6.39. The summed E-state index contributed by atoms with van der Waals surface area (Å²) in [5, 5.41) is 7.64. The van der Waals surface area contributed by atoms with Crippen molar-refractivity contribution in [2.75, 3.05) is 0 Å². The molecule has 0 unspecified atom stereocenters. The molecule has 0 saturated heterocycles. The van der Waals surface area contributed by atoms with E-state index in [0.717, 1.165) is 17.6 Å². The van der Waals surface area contributed by atoms with Gasteiger partial charge in [-0.1, -0.05) is 80.1 Å². The molecule has 1 aromatic carbocycles. The Morgan fingerprint density at radius 1 is 1.14 bits per heavy atom. The molecule has 0 atom stereocenters. The summed E-state index contributed by atoms with van der Waals surface area (Å²) >= 11 is 0. The zero-order valence-electron chi connectivity index (χ0n) is 14.6. The van der Waals surface area contributed by atoms with Crippen molar-refractivity contribution < 1.29 is 0 Å². The number of hydrogen-bond acceptors (Lipinski definition) is 1. The van der Waals surface area contributed by atoms with E-state index < -0.39 is 0 Å². The Labute approximate surface area is 136 Å². The van der Waals surface area contributed by atoms with Gasteiger partial charge in [-0.15, -0.1) is 0 Å². The molecule has 0 bridgehead atoms. The largest absolute Gasteiger partial charge is 0.308 e. The summed E-state index contributed by atoms with van der Waals surface area (Å²) < 4.78 is 0. The van der Waals surface area contributed by atoms with Crippen LogP contribution in [0.2, 0.25) is 0 Å². The van der Waals surface area contributed by atoms with Gasteiger partial charge in [0.2, 0.25) is 0 Å². The third kappa shape index (κ3) is 7.03. The minimum absolute atomic E-state index is 0.800. The number of allylic oxidation sites excluding steroid dienone is 7. The number of rotatable bonds is 6. The van der Waals surface area contributed by atoms with Crippen LogP contribution >= 0.6 is 0 Å². The van der Waals surface area contributed by atoms with E-state index in [2.05, 4.69) is 50.8 Å². The molecule has 0 aromatic heterocycles. The van der Waals surface area contributed by atoms with Crippen molar-refractivity contribution >= 4 is 11.8 Å². The van der Waals surface area contributed by atoms with E-state index in [4.69, 9.17) is 5.41 Å². The Balaban J connectivity index is 0.00000211. The van der Waals surface area contributed by atoms with Crippen LogP contribution in [-0.4, -0.2) is 6.21 Å². The van der Waals surface area contributed by atoms with Gasteiger partial charge in [0.1, 0.15) is 0 Å². The minimum atomic E-state index is 0.800. The summed E-state index contributed by atoms with van der Waals surface area (Å²) in [7, 11) is 0. The summed E-state index contributed by atoms with van der Waals surface area (Å²) in [5.41, 5.74) is 5.70. The lowest BCUT2D eigenvalue weighted by Crippen LogP contribution is -1.89. The number of benzene rings is 1. The highest BCUT2D eigenvalue weighted by molar-refractivity contribution is 6.08. The normalized spacial score (nSPS) is 11.9. The molecule has 0 aliphatic carbocycles. The second-order valence-corrected chi connectivity index (χ2v) is 4.86. The second kappa shape index (κ2) is 11.5. The maximum atomic E-state index is 7.64. The molecule has 1 heteroatoms. The summed E-state index contributed by atoms with van der Waals surface area (Å²) in [6.07, 6.45) is 12.2. The Morgan fingerprint density at radius 3 is 2.18 bits per heavy atom. The fraction of sp³-hybridized carbons (Fsp3) is 0.286. The highest BCUT2D eigenvalue weighted by atomic mass is 14.3. The molecule has 0 spiro atoms. The van der Waals surface area contributed by atoms with Crippen molar-refractivity contribution in [3.8, 4) is 0 Å². The van der Waals surface area contributed by atoms with Gasteiger partial charge in [0.05, 0.1) is 0 Å². The highest BCUT2D eigenvalue weighted by Gasteiger charge is 2.01. The van der Waals surface area contributed by atoms with Crippen LogP contribution in [0.25, 0.3) is 5.57 Å². The predicted molar refractivity (Wildman–Crippen MR) is 102 cm³/mol. The first-order chi connectivity index (χ1) is 10.6. The quantitative estimate of drug-likeness (QED) is 0.461. The van der Waals surface area contributed by atoms with Crippen LogP contribution in [0, 0.1) is 19.3 Å². The van der Waals surface area contributed by atoms with Crippen LogP contribution in [0.15, 0.2) is 60.7 Å². The minimum Gasteiger partial charge on any atom is -0.308 e. The molecule has 0 heterocycles. The number of hydrogen-bond donors (Lipinski definition) is 1. The molecule has 1 N–H and O–H groups in total. The van der Waals surface area contributed by atoms with Gasteiger partial charge in [-0.05, 0) is 43.9 Å². The van der Waals surface area contributed by atoms with Gasteiger partial charge in [0, 0.05) is 6.21 Å². The van der Waals surface area contributed by atoms with E-state index in [0.29, 0.717) is 0 Å². The fourth-order valence-electron chi connectivity index (χ4n) is 2.19. The third-order valence-electron chi connectivity index (χ3n) is 2.98. The second-order valence-electron chi connectivity index (χ2n) is 4.86. The maximum Gasteiger partial charge on any atom is 0.0253 e. The lowest BCUT2D eigenvalue weighted by molar-refractivity contribution is 1.28. The van der Waals surface area contributed by atoms with Crippen molar-refractivity contribution in [3.63, 3.8) is 0 Å². The smallest absolute Gasteiger partial charge is 0.0253 e. The molecule has 22 heavy (non-hydrogen) atoms. The Morgan fingerprint density at radius 2 is 1.73 bits per heavy atom. The van der Waals surface area contributed by atoms with Gasteiger partial charge in [-0.2, -0.15) is 0 Å². The van der Waals surface area contributed by atoms with Crippen molar-refractivity contribution in [2.45, 2.75) is 41.0 Å². The molecule has 1 rings (SSSR count). The van der Waals surface area contributed by atoms with Crippen LogP contribution in [-0.2, 0) is 0 Å². The number of nitrogens with one attached hydrogen (secondary N) is 1. The van der Waals surface area contributed by atoms with Crippen molar-refractivity contribution in [1.29, 1.82) is 5.41 Å². The molecular weight excluding hydrogens is 266 g/mol. The first-order valence-electron chi connectivity index (χ1n) is 7.84. The van der Waals surface area contributed by atoms with E-state index in [1.807, 2.05) is 32.9 Å². The van der Waals surface area contributed by atoms with Gasteiger partial charge < -0.3 is 5.41 Å². The zero-order valence-corrected chi connectivity index (χ0v) is 14.6. The molecule has 0 radical (unpaired) electrons. The predicted octanol–water partition coefficient (Wildman–Crippen LogP) is 6.44. The van der Waals surface area contributed by atoms with Crippen molar-refractivity contribution in [1.82, 2.24) is 0 Å². The first-order valence-corrected chi connectivity index (χ1v) is 7.84. The molecule has 1 nitrogen and oxygen atoms in total. The van der Waals surface area contributed by atoms with Crippen LogP contribution in [0.4, 0.5) is 0 Å². The van der Waals surface area contributed by atoms with E-state index >= 15 is 0 Å². The first kappa shape index (κ1) is 19.9. The Bertz CT molecular complexity index is 551. The molecule has 1 aromatic rings. The van der Waals surface area contributed by atoms with E-state index in [1.54, 1.807) is 6.08 Å². The standard InChI is InChI=1S/C19H23N.C2H6/c1-5-7-17(8-6-2)9-10-18(14-20)19-12-15(3)11-16(4)13-19;1-2/h5-8,10-14,20H,1,9H2,2-4H3;1-2H3/b8-6-,17-7+,18-10+,20-14?;. The van der Waals surface area contributed by atoms with E-state index in [-0.39, 0.29) is 0 Å². The van der Waals surface area contributed by atoms with Crippen molar-refractivity contribution in [2.24, 2.45) is 0 Å². The molecule has 0 fully saturated rings. The molecule has 0 aliphatic rings. The van der Waals surface area contributed by atoms with Gasteiger partial charge in [-0.25, -0.2) is 0 Å². The average molecular weight is 295 g/mol. The maximum absolute atomic E-state index is 7.64. The molecule has 118 valence electrons. The summed E-state index contributed by atoms with van der Waals surface area (Å²) in [4.78, 5) is 0. The Hall–Kier alpha value is -2.15. The van der Waals surface area contributed by atoms with Crippen molar-refractivity contribution in [3.05, 3.63) is 77.4 Å². The lowest BCUT2D eigenvalue weighted by Gasteiger charge is -2.06. The fourth-order valence-corrected chi connectivity index (χ4v) is 2.19. The van der Waals surface area contributed by atoms with Crippen LogP contribution in [0.3, 0.4) is 0 Å². The average Bonchev–Trinajstić information content (AvgIpc) is 2.49. The van der Waals surface area contributed by atoms with Gasteiger partial charge >= 0.3 is 0 Å². The zero-order chi connectivity index (χ0) is 17.0. The van der Waals surface area contributed by atoms with Crippen LogP contribution in [0.1, 0.15) is 43.9 Å². The third-order valence-corrected chi connectivity index (χ3v) is 2.98.